The van der Waals surface area contributed by atoms with Crippen molar-refractivity contribution in [1.82, 2.24) is 35.1 Å². The molecule has 0 aliphatic carbocycles. The van der Waals surface area contributed by atoms with E-state index in [1.165, 1.54) is 23.4 Å². The summed E-state index contributed by atoms with van der Waals surface area (Å²) in [5.74, 6) is 1.18. The summed E-state index contributed by atoms with van der Waals surface area (Å²) in [6, 6.07) is 12.0. The molecule has 2 aromatic heterocycles. The summed E-state index contributed by atoms with van der Waals surface area (Å²) in [4.78, 5) is 24.2. The first-order valence-electron chi connectivity index (χ1n) is 9.14. The zero-order valence-electron chi connectivity index (χ0n) is 15.7. The van der Waals surface area contributed by atoms with Gasteiger partial charge in [0, 0.05) is 51.6 Å². The fourth-order valence-corrected chi connectivity index (χ4v) is 3.90. The Labute approximate surface area is 166 Å². The lowest BCUT2D eigenvalue weighted by molar-refractivity contribution is 0.248. The van der Waals surface area contributed by atoms with E-state index in [0.717, 1.165) is 38.4 Å². The van der Waals surface area contributed by atoms with Gasteiger partial charge in [0.15, 0.2) is 0 Å². The molecular formula is C18H22N8OS. The normalized spacial score (nSPS) is 15.1. The van der Waals surface area contributed by atoms with Gasteiger partial charge in [-0.3, -0.25) is 14.7 Å². The monoisotopic (exact) mass is 398 g/mol. The Balaban J connectivity index is 1.37. The van der Waals surface area contributed by atoms with Crippen LogP contribution in [0.5, 0.6) is 0 Å². The van der Waals surface area contributed by atoms with Crippen molar-refractivity contribution in [2.45, 2.75) is 17.5 Å². The third-order valence-corrected chi connectivity index (χ3v) is 5.68. The van der Waals surface area contributed by atoms with Gasteiger partial charge in [-0.05, 0) is 16.0 Å². The maximum Gasteiger partial charge on any atom is 0.252 e. The van der Waals surface area contributed by atoms with Crippen molar-refractivity contribution in [3.8, 4) is 0 Å². The second kappa shape index (κ2) is 8.53. The van der Waals surface area contributed by atoms with E-state index in [4.69, 9.17) is 0 Å². The minimum atomic E-state index is -0.136. The van der Waals surface area contributed by atoms with Crippen molar-refractivity contribution in [3.63, 3.8) is 0 Å². The molecule has 0 radical (unpaired) electrons. The number of nitrogens with one attached hydrogen (secondary N) is 1. The van der Waals surface area contributed by atoms with Crippen LogP contribution in [0.1, 0.15) is 11.3 Å². The quantitative estimate of drug-likeness (QED) is 0.612. The zero-order chi connectivity index (χ0) is 19.3. The van der Waals surface area contributed by atoms with E-state index < -0.39 is 0 Å². The van der Waals surface area contributed by atoms with E-state index in [-0.39, 0.29) is 5.56 Å². The molecule has 1 aromatic carbocycles. The van der Waals surface area contributed by atoms with Crippen LogP contribution in [0.15, 0.2) is 46.3 Å². The van der Waals surface area contributed by atoms with Gasteiger partial charge in [-0.1, -0.05) is 42.1 Å². The lowest BCUT2D eigenvalue weighted by atomic mass is 10.2. The smallest absolute Gasteiger partial charge is 0.252 e. The number of aromatic amines is 1. The van der Waals surface area contributed by atoms with Crippen molar-refractivity contribution < 1.29 is 0 Å². The molecule has 1 aliphatic heterocycles. The van der Waals surface area contributed by atoms with Gasteiger partial charge in [-0.2, -0.15) is 0 Å². The van der Waals surface area contributed by atoms with E-state index in [1.54, 1.807) is 11.7 Å². The molecule has 3 heterocycles. The van der Waals surface area contributed by atoms with Gasteiger partial charge in [0.25, 0.3) is 5.56 Å². The number of anilines is 1. The minimum Gasteiger partial charge on any atom is -0.340 e. The van der Waals surface area contributed by atoms with Gasteiger partial charge in [0.05, 0.1) is 5.69 Å². The number of rotatable bonds is 6. The van der Waals surface area contributed by atoms with Gasteiger partial charge in [0.1, 0.15) is 0 Å². The molecule has 1 saturated heterocycles. The first kappa shape index (κ1) is 18.6. The van der Waals surface area contributed by atoms with Crippen LogP contribution in [0.3, 0.4) is 0 Å². The molecule has 0 bridgehead atoms. The molecule has 4 rings (SSSR count). The Hall–Kier alpha value is -2.72. The predicted molar refractivity (Wildman–Crippen MR) is 107 cm³/mol. The van der Waals surface area contributed by atoms with Gasteiger partial charge >= 0.3 is 0 Å². The molecule has 1 aliphatic rings. The van der Waals surface area contributed by atoms with E-state index in [9.17, 15) is 4.79 Å². The molecule has 0 saturated carbocycles. The Morgan fingerprint density at radius 2 is 1.93 bits per heavy atom. The highest BCUT2D eigenvalue weighted by molar-refractivity contribution is 7.98. The molecule has 0 unspecified atom stereocenters. The largest absolute Gasteiger partial charge is 0.340 e. The molecule has 10 heteroatoms. The SMILES string of the molecule is Cn1nnnc1SCc1cc(=O)[nH]c(N2CCN(Cc3ccccc3)CC2)n1. The number of aryl methyl sites for hydroxylation is 1. The van der Waals surface area contributed by atoms with Crippen molar-refractivity contribution >= 4 is 17.7 Å². The molecule has 3 aromatic rings. The van der Waals surface area contributed by atoms with Crippen LogP contribution in [0.2, 0.25) is 0 Å². The van der Waals surface area contributed by atoms with Gasteiger partial charge in [0.2, 0.25) is 11.1 Å². The second-order valence-electron chi connectivity index (χ2n) is 6.68. The summed E-state index contributed by atoms with van der Waals surface area (Å²) in [6.45, 7) is 4.48. The molecule has 0 amide bonds. The van der Waals surface area contributed by atoms with Gasteiger partial charge in [-0.25, -0.2) is 9.67 Å². The van der Waals surface area contributed by atoms with Crippen LogP contribution in [0.4, 0.5) is 5.95 Å². The summed E-state index contributed by atoms with van der Waals surface area (Å²) < 4.78 is 1.60. The van der Waals surface area contributed by atoms with E-state index >= 15 is 0 Å². The molecule has 0 spiro atoms. The summed E-state index contributed by atoms with van der Waals surface area (Å²) in [5.41, 5.74) is 1.90. The Bertz CT molecular complexity index is 965. The maximum atomic E-state index is 12.1. The fraction of sp³-hybridized carbons (Fsp3) is 0.389. The zero-order valence-corrected chi connectivity index (χ0v) is 16.5. The van der Waals surface area contributed by atoms with E-state index in [1.807, 2.05) is 6.07 Å². The maximum absolute atomic E-state index is 12.1. The number of piperazine rings is 1. The van der Waals surface area contributed by atoms with Crippen LogP contribution in [-0.4, -0.2) is 61.3 Å². The number of thioether (sulfide) groups is 1. The number of aromatic nitrogens is 6. The Kier molecular flexibility index (Phi) is 5.68. The first-order valence-corrected chi connectivity index (χ1v) is 10.1. The molecular weight excluding hydrogens is 376 g/mol. The number of tetrazole rings is 1. The predicted octanol–water partition coefficient (Wildman–Crippen LogP) is 0.908. The summed E-state index contributed by atoms with van der Waals surface area (Å²) >= 11 is 1.46. The summed E-state index contributed by atoms with van der Waals surface area (Å²) in [6.07, 6.45) is 0. The highest BCUT2D eigenvalue weighted by Crippen LogP contribution is 2.19. The second-order valence-corrected chi connectivity index (χ2v) is 7.63. The topological polar surface area (TPSA) is 95.8 Å². The number of benzene rings is 1. The van der Waals surface area contributed by atoms with Crippen molar-refractivity contribution in [2.75, 3.05) is 31.1 Å². The molecule has 1 N–H and O–H groups in total. The third kappa shape index (κ3) is 4.57. The average Bonchev–Trinajstić information content (AvgIpc) is 3.12. The Morgan fingerprint density at radius 1 is 1.14 bits per heavy atom. The van der Waals surface area contributed by atoms with Crippen LogP contribution in [-0.2, 0) is 19.3 Å². The first-order chi connectivity index (χ1) is 13.7. The Morgan fingerprint density at radius 3 is 2.64 bits per heavy atom. The number of hydrogen-bond donors (Lipinski definition) is 1. The van der Waals surface area contributed by atoms with Crippen LogP contribution < -0.4 is 10.5 Å². The summed E-state index contributed by atoms with van der Waals surface area (Å²) in [7, 11) is 1.79. The van der Waals surface area contributed by atoms with E-state index in [0.29, 0.717) is 16.9 Å². The third-order valence-electron chi connectivity index (χ3n) is 4.63. The highest BCUT2D eigenvalue weighted by atomic mass is 32.2. The van der Waals surface area contributed by atoms with Crippen molar-refractivity contribution in [1.29, 1.82) is 0 Å². The minimum absolute atomic E-state index is 0.136. The molecule has 146 valence electrons. The van der Waals surface area contributed by atoms with Crippen molar-refractivity contribution in [3.05, 3.63) is 58.0 Å². The standard InChI is InChI=1S/C18H22N8OS/c1-24-18(21-22-23-24)28-13-15-11-16(27)20-17(19-15)26-9-7-25(8-10-26)12-14-5-3-2-4-6-14/h2-6,11H,7-10,12-13H2,1H3,(H,19,20,27). The molecule has 9 nitrogen and oxygen atoms in total. The number of H-pyrrole nitrogens is 1. The van der Waals surface area contributed by atoms with Crippen molar-refractivity contribution in [2.24, 2.45) is 7.05 Å². The van der Waals surface area contributed by atoms with Gasteiger partial charge in [-0.15, -0.1) is 5.10 Å². The van der Waals surface area contributed by atoms with Crippen LogP contribution >= 0.6 is 11.8 Å². The van der Waals surface area contributed by atoms with Crippen LogP contribution in [0, 0.1) is 0 Å². The molecule has 28 heavy (non-hydrogen) atoms. The highest BCUT2D eigenvalue weighted by Gasteiger charge is 2.19. The lowest BCUT2D eigenvalue weighted by Gasteiger charge is -2.35. The van der Waals surface area contributed by atoms with E-state index in [2.05, 4.69) is 59.6 Å². The van der Waals surface area contributed by atoms with Gasteiger partial charge < -0.3 is 4.90 Å². The molecule has 0 atom stereocenters. The number of nitrogens with zero attached hydrogens (tertiary/aromatic N) is 7. The lowest BCUT2D eigenvalue weighted by Crippen LogP contribution is -2.47. The number of hydrogen-bond acceptors (Lipinski definition) is 8. The fourth-order valence-electron chi connectivity index (χ4n) is 3.16. The summed E-state index contributed by atoms with van der Waals surface area (Å²) in [5, 5.41) is 12.1. The van der Waals surface area contributed by atoms with Crippen LogP contribution in [0.25, 0.3) is 0 Å². The average molecular weight is 398 g/mol. The molecule has 1 fully saturated rings.